The first kappa shape index (κ1) is 15.4. The van der Waals surface area contributed by atoms with E-state index < -0.39 is 23.0 Å². The number of aromatic nitrogens is 2. The van der Waals surface area contributed by atoms with Crippen molar-refractivity contribution in [3.63, 3.8) is 0 Å². The molecule has 0 unspecified atom stereocenters. The number of nitrogens with zero attached hydrogens (tertiary/aromatic N) is 3. The molecule has 0 fully saturated rings. The van der Waals surface area contributed by atoms with E-state index in [4.69, 9.17) is 21.5 Å². The van der Waals surface area contributed by atoms with E-state index in [1.807, 2.05) is 0 Å². The van der Waals surface area contributed by atoms with Crippen molar-refractivity contribution in [1.29, 1.82) is 5.26 Å². The van der Waals surface area contributed by atoms with Crippen LogP contribution >= 0.6 is 0 Å². The van der Waals surface area contributed by atoms with Crippen LogP contribution in [-0.2, 0) is 0 Å². The Morgan fingerprint density at radius 3 is 2.50 bits per heavy atom. The topological polar surface area (TPSA) is 111 Å². The van der Waals surface area contributed by atoms with E-state index in [1.54, 1.807) is 13.0 Å². The minimum atomic E-state index is -1.72. The average molecular weight is 309 g/mol. The predicted octanol–water partition coefficient (Wildman–Crippen LogP) is 2.00. The number of hydrogen-bond acceptors (Lipinski definition) is 6. The molecule has 114 valence electrons. The van der Waals surface area contributed by atoms with Crippen LogP contribution < -0.4 is 16.2 Å². The summed E-state index contributed by atoms with van der Waals surface area (Å²) in [6, 6.07) is 2.34. The maximum atomic E-state index is 14.2. The van der Waals surface area contributed by atoms with Crippen LogP contribution in [0.15, 0.2) is 6.07 Å². The number of hydrogen-bond donors (Lipinski definition) is 2. The van der Waals surface area contributed by atoms with Crippen molar-refractivity contribution in [2.75, 3.05) is 18.1 Å². The third-order valence-corrected chi connectivity index (χ3v) is 2.73. The summed E-state index contributed by atoms with van der Waals surface area (Å²) in [6.45, 7) is 1.62. The quantitative estimate of drug-likeness (QED) is 0.839. The van der Waals surface area contributed by atoms with Crippen molar-refractivity contribution >= 4 is 11.8 Å². The smallest absolute Gasteiger partial charge is 0.222 e. The van der Waals surface area contributed by atoms with Crippen LogP contribution in [0.1, 0.15) is 12.5 Å². The van der Waals surface area contributed by atoms with Gasteiger partial charge in [-0.3, -0.25) is 0 Å². The number of nitriles is 1. The monoisotopic (exact) mass is 309 g/mol. The van der Waals surface area contributed by atoms with Crippen molar-refractivity contribution in [3.05, 3.63) is 29.1 Å². The van der Waals surface area contributed by atoms with Crippen molar-refractivity contribution in [2.24, 2.45) is 0 Å². The van der Waals surface area contributed by atoms with Crippen LogP contribution in [0.25, 0.3) is 11.3 Å². The molecule has 0 atom stereocenters. The zero-order valence-electron chi connectivity index (χ0n) is 11.3. The van der Waals surface area contributed by atoms with Gasteiger partial charge in [-0.05, 0) is 6.92 Å². The summed E-state index contributed by atoms with van der Waals surface area (Å²) >= 11 is 0. The molecule has 9 heteroatoms. The Bertz CT molecular complexity index is 788. The van der Waals surface area contributed by atoms with Crippen molar-refractivity contribution in [2.45, 2.75) is 6.92 Å². The number of rotatable bonds is 3. The molecular weight excluding hydrogens is 299 g/mol. The van der Waals surface area contributed by atoms with Gasteiger partial charge in [-0.25, -0.2) is 18.2 Å². The largest absolute Gasteiger partial charge is 0.493 e. The Balaban J connectivity index is 2.88. The second-order valence-electron chi connectivity index (χ2n) is 4.09. The van der Waals surface area contributed by atoms with E-state index in [2.05, 4.69) is 9.97 Å². The molecule has 0 bridgehead atoms. The van der Waals surface area contributed by atoms with E-state index in [-0.39, 0.29) is 35.4 Å². The molecule has 1 aromatic heterocycles. The van der Waals surface area contributed by atoms with Gasteiger partial charge in [0, 0.05) is 6.07 Å². The Labute approximate surface area is 123 Å². The molecule has 2 aromatic rings. The van der Waals surface area contributed by atoms with Crippen LogP contribution in [-0.4, -0.2) is 16.6 Å². The molecular formula is C13H10F3N5O. The summed E-state index contributed by atoms with van der Waals surface area (Å²) in [5, 5.41) is 9.11. The first-order valence-corrected chi connectivity index (χ1v) is 6.04. The Morgan fingerprint density at radius 2 is 1.91 bits per heavy atom. The minimum absolute atomic E-state index is 0.0510. The Morgan fingerprint density at radius 1 is 1.23 bits per heavy atom. The zero-order valence-corrected chi connectivity index (χ0v) is 11.3. The highest BCUT2D eigenvalue weighted by molar-refractivity contribution is 5.77. The van der Waals surface area contributed by atoms with E-state index in [9.17, 15) is 13.2 Å². The maximum Gasteiger partial charge on any atom is 0.222 e. The lowest BCUT2D eigenvalue weighted by atomic mass is 10.0. The molecule has 0 saturated carbocycles. The molecule has 6 nitrogen and oxygen atoms in total. The molecule has 0 saturated heterocycles. The third kappa shape index (κ3) is 2.46. The van der Waals surface area contributed by atoms with Gasteiger partial charge in [0.15, 0.2) is 17.5 Å². The van der Waals surface area contributed by atoms with Crippen molar-refractivity contribution in [3.8, 4) is 23.1 Å². The number of benzene rings is 1. The van der Waals surface area contributed by atoms with Crippen molar-refractivity contribution < 1.29 is 17.9 Å². The molecule has 0 aliphatic carbocycles. The summed E-state index contributed by atoms with van der Waals surface area (Å²) in [7, 11) is 0. The number of ether oxygens (including phenoxy) is 1. The van der Waals surface area contributed by atoms with Gasteiger partial charge in [0.1, 0.15) is 28.9 Å². The summed E-state index contributed by atoms with van der Waals surface area (Å²) < 4.78 is 46.2. The summed E-state index contributed by atoms with van der Waals surface area (Å²) in [5.41, 5.74) is 9.72. The summed E-state index contributed by atoms with van der Waals surface area (Å²) in [4.78, 5) is 7.27. The zero-order chi connectivity index (χ0) is 16.4. The van der Waals surface area contributed by atoms with E-state index in [0.29, 0.717) is 6.07 Å². The molecule has 1 heterocycles. The number of halogens is 3. The van der Waals surface area contributed by atoms with Gasteiger partial charge < -0.3 is 16.2 Å². The third-order valence-electron chi connectivity index (χ3n) is 2.73. The van der Waals surface area contributed by atoms with Gasteiger partial charge in [-0.2, -0.15) is 10.2 Å². The average Bonchev–Trinajstić information content (AvgIpc) is 2.45. The predicted molar refractivity (Wildman–Crippen MR) is 72.1 cm³/mol. The number of nitrogens with two attached hydrogens (primary N) is 2. The van der Waals surface area contributed by atoms with Crippen LogP contribution in [0.4, 0.5) is 24.9 Å². The first-order chi connectivity index (χ1) is 10.4. The fraction of sp³-hybridized carbons (Fsp3) is 0.154. The van der Waals surface area contributed by atoms with E-state index in [0.717, 1.165) is 0 Å². The lowest BCUT2D eigenvalue weighted by Crippen LogP contribution is -2.08. The Kier molecular flexibility index (Phi) is 4.03. The fourth-order valence-electron chi connectivity index (χ4n) is 1.85. The van der Waals surface area contributed by atoms with Gasteiger partial charge in [-0.1, -0.05) is 0 Å². The molecule has 4 N–H and O–H groups in total. The molecule has 0 amide bonds. The fourth-order valence-corrected chi connectivity index (χ4v) is 1.85. The molecule has 0 aliphatic heterocycles. The van der Waals surface area contributed by atoms with E-state index in [1.165, 1.54) is 0 Å². The van der Waals surface area contributed by atoms with Crippen LogP contribution in [0.2, 0.25) is 0 Å². The Hall–Kier alpha value is -3.02. The SMILES string of the molecule is CCOc1cc(F)c(F)c(F)c1-c1nc(N)nc(N)c1C#N. The standard InChI is InChI=1S/C13H10F3N5O/c1-2-22-7-3-6(14)9(15)10(16)8(7)11-5(4-17)12(18)21-13(19)20-11/h3H,2H2,1H3,(H4,18,19,20,21). The molecule has 1 aromatic carbocycles. The van der Waals surface area contributed by atoms with Crippen LogP contribution in [0, 0.1) is 28.8 Å². The van der Waals surface area contributed by atoms with Gasteiger partial charge in [0.25, 0.3) is 0 Å². The second-order valence-corrected chi connectivity index (χ2v) is 4.09. The van der Waals surface area contributed by atoms with E-state index >= 15 is 0 Å². The minimum Gasteiger partial charge on any atom is -0.493 e. The first-order valence-electron chi connectivity index (χ1n) is 6.04. The highest BCUT2D eigenvalue weighted by atomic mass is 19.2. The van der Waals surface area contributed by atoms with Crippen LogP contribution in [0.5, 0.6) is 5.75 Å². The van der Waals surface area contributed by atoms with Gasteiger partial charge >= 0.3 is 0 Å². The highest BCUT2D eigenvalue weighted by Crippen LogP contribution is 2.37. The number of anilines is 2. The molecule has 22 heavy (non-hydrogen) atoms. The maximum absolute atomic E-state index is 14.2. The second kappa shape index (κ2) is 5.77. The summed E-state index contributed by atoms with van der Waals surface area (Å²) in [5.74, 6) is -5.70. The molecule has 0 radical (unpaired) electrons. The highest BCUT2D eigenvalue weighted by Gasteiger charge is 2.26. The van der Waals surface area contributed by atoms with Crippen LogP contribution in [0.3, 0.4) is 0 Å². The molecule has 0 aliphatic rings. The molecule has 0 spiro atoms. The number of nitrogen functional groups attached to an aromatic ring is 2. The van der Waals surface area contributed by atoms with Gasteiger partial charge in [-0.15, -0.1) is 0 Å². The lowest BCUT2D eigenvalue weighted by molar-refractivity contribution is 0.333. The van der Waals surface area contributed by atoms with Gasteiger partial charge in [0.2, 0.25) is 5.95 Å². The normalized spacial score (nSPS) is 10.3. The summed E-state index contributed by atoms with van der Waals surface area (Å²) in [6.07, 6.45) is 0. The van der Waals surface area contributed by atoms with Gasteiger partial charge in [0.05, 0.1) is 12.2 Å². The lowest BCUT2D eigenvalue weighted by Gasteiger charge is -2.13. The molecule has 2 rings (SSSR count). The van der Waals surface area contributed by atoms with Crippen molar-refractivity contribution in [1.82, 2.24) is 9.97 Å².